The zero-order valence-electron chi connectivity index (χ0n) is 13.3. The average Bonchev–Trinajstić information content (AvgIpc) is 3.24. The summed E-state index contributed by atoms with van der Waals surface area (Å²) in [5.74, 6) is 0.963. The zero-order valence-corrected chi connectivity index (χ0v) is 15.6. The second-order valence-corrected chi connectivity index (χ2v) is 6.90. The molecule has 0 bridgehead atoms. The molecule has 1 aliphatic heterocycles. The van der Waals surface area contributed by atoms with E-state index in [9.17, 15) is 4.79 Å². The van der Waals surface area contributed by atoms with Gasteiger partial charge in [0.1, 0.15) is 11.5 Å². The van der Waals surface area contributed by atoms with E-state index in [0.717, 1.165) is 15.6 Å². The van der Waals surface area contributed by atoms with Crippen LogP contribution in [0, 0.1) is 0 Å². The smallest absolute Gasteiger partial charge is 0.363 e. The lowest BCUT2D eigenvalue weighted by Gasteiger charge is -1.98. The summed E-state index contributed by atoms with van der Waals surface area (Å²) in [5.41, 5.74) is 1.82. The average molecular weight is 429 g/mol. The summed E-state index contributed by atoms with van der Waals surface area (Å²) in [5, 5.41) is 0.658. The van der Waals surface area contributed by atoms with Gasteiger partial charge < -0.3 is 9.15 Å². The summed E-state index contributed by atoms with van der Waals surface area (Å²) in [6, 6.07) is 18.3. The van der Waals surface area contributed by atoms with Gasteiger partial charge in [-0.25, -0.2) is 9.79 Å². The van der Waals surface area contributed by atoms with Crippen LogP contribution in [0.1, 0.15) is 11.3 Å². The number of esters is 1. The zero-order chi connectivity index (χ0) is 18.1. The van der Waals surface area contributed by atoms with E-state index >= 15 is 0 Å². The van der Waals surface area contributed by atoms with Gasteiger partial charge >= 0.3 is 5.97 Å². The van der Waals surface area contributed by atoms with E-state index < -0.39 is 5.97 Å². The van der Waals surface area contributed by atoms with Crippen LogP contribution in [0.4, 0.5) is 0 Å². The molecule has 2 heterocycles. The second-order valence-electron chi connectivity index (χ2n) is 5.55. The lowest BCUT2D eigenvalue weighted by Crippen LogP contribution is -2.05. The Morgan fingerprint density at radius 3 is 2.35 bits per heavy atom. The van der Waals surface area contributed by atoms with Gasteiger partial charge in [-0.15, -0.1) is 0 Å². The van der Waals surface area contributed by atoms with Crippen LogP contribution < -0.4 is 0 Å². The van der Waals surface area contributed by atoms with E-state index in [0.29, 0.717) is 16.5 Å². The summed E-state index contributed by atoms with van der Waals surface area (Å²) in [6.45, 7) is 0. The van der Waals surface area contributed by atoms with Gasteiger partial charge in [-0.1, -0.05) is 27.5 Å². The first-order valence-electron chi connectivity index (χ1n) is 7.73. The van der Waals surface area contributed by atoms with Crippen LogP contribution in [-0.2, 0) is 9.53 Å². The molecule has 26 heavy (non-hydrogen) atoms. The number of halogens is 2. The largest absolute Gasteiger partial charge is 0.457 e. The quantitative estimate of drug-likeness (QED) is 0.397. The maximum Gasteiger partial charge on any atom is 0.363 e. The van der Waals surface area contributed by atoms with Gasteiger partial charge in [0.15, 0.2) is 5.70 Å². The highest BCUT2D eigenvalue weighted by atomic mass is 79.9. The molecule has 0 saturated heterocycles. The van der Waals surface area contributed by atoms with Crippen LogP contribution in [0.5, 0.6) is 0 Å². The van der Waals surface area contributed by atoms with Gasteiger partial charge in [-0.05, 0) is 60.7 Å². The Labute approximate surface area is 162 Å². The number of cyclic esters (lactones) is 1. The second kappa shape index (κ2) is 6.94. The highest BCUT2D eigenvalue weighted by molar-refractivity contribution is 9.10. The molecular formula is C20H11BrClNO3. The van der Waals surface area contributed by atoms with Crippen molar-refractivity contribution in [3.63, 3.8) is 0 Å². The molecule has 0 saturated carbocycles. The Bertz CT molecular complexity index is 1030. The predicted molar refractivity (Wildman–Crippen MR) is 104 cm³/mol. The van der Waals surface area contributed by atoms with Crippen LogP contribution in [0.2, 0.25) is 5.02 Å². The standard InChI is InChI=1S/C20H11BrClNO3/c21-14-5-1-13(2-6-14)19-23-17(20(24)26-19)11-16-9-10-18(25-16)12-3-7-15(22)8-4-12/h1-11H/b17-11+. The molecule has 3 aromatic rings. The highest BCUT2D eigenvalue weighted by Crippen LogP contribution is 2.26. The SMILES string of the molecule is O=C1OC(c2ccc(Br)cc2)=N/C1=C/c1ccc(-c2ccc(Cl)cc2)o1. The van der Waals surface area contributed by atoms with Gasteiger partial charge in [0, 0.05) is 26.7 Å². The van der Waals surface area contributed by atoms with Crippen molar-refractivity contribution in [2.75, 3.05) is 0 Å². The molecule has 1 aromatic heterocycles. The molecule has 0 fully saturated rings. The van der Waals surface area contributed by atoms with Crippen molar-refractivity contribution in [3.05, 3.63) is 87.2 Å². The lowest BCUT2D eigenvalue weighted by atomic mass is 10.2. The number of carbonyl (C=O) groups excluding carboxylic acids is 1. The predicted octanol–water partition coefficient (Wildman–Crippen LogP) is 5.71. The molecule has 128 valence electrons. The number of nitrogens with zero attached hydrogens (tertiary/aromatic N) is 1. The minimum atomic E-state index is -0.507. The molecule has 0 spiro atoms. The molecule has 0 radical (unpaired) electrons. The molecular weight excluding hydrogens is 418 g/mol. The highest BCUT2D eigenvalue weighted by Gasteiger charge is 2.24. The minimum absolute atomic E-state index is 0.194. The van der Waals surface area contributed by atoms with E-state index in [1.54, 1.807) is 24.3 Å². The molecule has 0 aliphatic carbocycles. The van der Waals surface area contributed by atoms with Crippen molar-refractivity contribution in [1.82, 2.24) is 0 Å². The number of ether oxygens (including phenoxy) is 1. The van der Waals surface area contributed by atoms with Gasteiger partial charge in [-0.2, -0.15) is 0 Å². The van der Waals surface area contributed by atoms with Crippen molar-refractivity contribution in [2.45, 2.75) is 0 Å². The van der Waals surface area contributed by atoms with Crippen LogP contribution in [-0.4, -0.2) is 11.9 Å². The fourth-order valence-corrected chi connectivity index (χ4v) is 2.85. The fourth-order valence-electron chi connectivity index (χ4n) is 2.46. The van der Waals surface area contributed by atoms with Crippen molar-refractivity contribution in [1.29, 1.82) is 0 Å². The van der Waals surface area contributed by atoms with E-state index in [-0.39, 0.29) is 11.6 Å². The molecule has 0 unspecified atom stereocenters. The van der Waals surface area contributed by atoms with Crippen LogP contribution in [0.25, 0.3) is 17.4 Å². The van der Waals surface area contributed by atoms with Crippen molar-refractivity contribution < 1.29 is 13.9 Å². The summed E-state index contributed by atoms with van der Waals surface area (Å²) in [4.78, 5) is 16.3. The number of carbonyl (C=O) groups is 1. The number of aliphatic imine (C=N–C) groups is 1. The molecule has 2 aromatic carbocycles. The Balaban J connectivity index is 1.61. The lowest BCUT2D eigenvalue weighted by molar-refractivity contribution is -0.129. The molecule has 4 rings (SSSR count). The topological polar surface area (TPSA) is 51.8 Å². The molecule has 0 atom stereocenters. The van der Waals surface area contributed by atoms with Crippen molar-refractivity contribution in [2.24, 2.45) is 4.99 Å². The first-order chi connectivity index (χ1) is 12.6. The Morgan fingerprint density at radius 2 is 1.62 bits per heavy atom. The first-order valence-corrected chi connectivity index (χ1v) is 8.90. The number of benzene rings is 2. The minimum Gasteiger partial charge on any atom is -0.457 e. The molecule has 0 amide bonds. The Morgan fingerprint density at radius 1 is 0.923 bits per heavy atom. The third kappa shape index (κ3) is 3.49. The van der Waals surface area contributed by atoms with Gasteiger partial charge in [-0.3, -0.25) is 0 Å². The fraction of sp³-hybridized carbons (Fsp3) is 0. The first kappa shape index (κ1) is 16.8. The number of hydrogen-bond donors (Lipinski definition) is 0. The molecule has 4 nitrogen and oxygen atoms in total. The monoisotopic (exact) mass is 427 g/mol. The van der Waals surface area contributed by atoms with Gasteiger partial charge in [0.25, 0.3) is 0 Å². The van der Waals surface area contributed by atoms with Crippen LogP contribution in [0.3, 0.4) is 0 Å². The van der Waals surface area contributed by atoms with Crippen LogP contribution in [0.15, 0.2) is 80.2 Å². The maximum absolute atomic E-state index is 12.1. The molecule has 6 heteroatoms. The van der Waals surface area contributed by atoms with E-state index in [1.165, 1.54) is 0 Å². The Hall–Kier alpha value is -2.63. The summed E-state index contributed by atoms with van der Waals surface area (Å²) >= 11 is 9.27. The molecule has 1 aliphatic rings. The summed E-state index contributed by atoms with van der Waals surface area (Å²) in [6.07, 6.45) is 1.56. The van der Waals surface area contributed by atoms with E-state index in [4.69, 9.17) is 20.8 Å². The van der Waals surface area contributed by atoms with E-state index in [1.807, 2.05) is 42.5 Å². The van der Waals surface area contributed by atoms with Crippen LogP contribution >= 0.6 is 27.5 Å². The third-order valence-electron chi connectivity index (χ3n) is 3.75. The Kier molecular flexibility index (Phi) is 4.49. The van der Waals surface area contributed by atoms with E-state index in [2.05, 4.69) is 20.9 Å². The number of rotatable bonds is 3. The normalized spacial score (nSPS) is 15.2. The van der Waals surface area contributed by atoms with Gasteiger partial charge in [0.2, 0.25) is 5.90 Å². The third-order valence-corrected chi connectivity index (χ3v) is 4.53. The number of hydrogen-bond acceptors (Lipinski definition) is 4. The maximum atomic E-state index is 12.1. The summed E-state index contributed by atoms with van der Waals surface area (Å²) in [7, 11) is 0. The van der Waals surface area contributed by atoms with Crippen molar-refractivity contribution >= 4 is 45.5 Å². The number of furan rings is 1. The summed E-state index contributed by atoms with van der Waals surface area (Å²) < 4.78 is 12.0. The molecule has 0 N–H and O–H groups in total. The van der Waals surface area contributed by atoms with Gasteiger partial charge in [0.05, 0.1) is 0 Å². The van der Waals surface area contributed by atoms with Crippen molar-refractivity contribution in [3.8, 4) is 11.3 Å².